The topological polar surface area (TPSA) is 74.1 Å². The van der Waals surface area contributed by atoms with Crippen molar-refractivity contribution in [3.8, 4) is 0 Å². The molecule has 4 aromatic rings. The Morgan fingerprint density at radius 2 is 1.91 bits per heavy atom. The van der Waals surface area contributed by atoms with Gasteiger partial charge in [-0.25, -0.2) is 15.0 Å². The van der Waals surface area contributed by atoms with Gasteiger partial charge in [0.15, 0.2) is 5.79 Å². The minimum atomic E-state index is -0.573. The summed E-state index contributed by atoms with van der Waals surface area (Å²) in [6, 6.07) is 13.1. The number of aryl methyl sites for hydroxylation is 2. The molecule has 4 heterocycles. The fourth-order valence-electron chi connectivity index (χ4n) is 5.79. The molecule has 0 spiro atoms. The van der Waals surface area contributed by atoms with Crippen LogP contribution >= 0.6 is 0 Å². The van der Waals surface area contributed by atoms with Crippen LogP contribution in [0.1, 0.15) is 44.0 Å². The highest BCUT2D eigenvalue weighted by Gasteiger charge is 2.54. The molecular formula is C27H31N5O2. The van der Waals surface area contributed by atoms with Crippen LogP contribution in [-0.4, -0.2) is 44.6 Å². The van der Waals surface area contributed by atoms with E-state index in [1.165, 1.54) is 5.56 Å². The van der Waals surface area contributed by atoms with E-state index >= 15 is 0 Å². The third-order valence-corrected chi connectivity index (χ3v) is 7.43. The summed E-state index contributed by atoms with van der Waals surface area (Å²) in [6.07, 6.45) is 6.92. The molecule has 1 aliphatic heterocycles. The van der Waals surface area contributed by atoms with Crippen LogP contribution in [0.25, 0.3) is 21.9 Å². The Balaban J connectivity index is 1.26. The van der Waals surface area contributed by atoms with Crippen LogP contribution in [-0.2, 0) is 15.9 Å². The molecule has 3 aromatic heterocycles. The van der Waals surface area contributed by atoms with Crippen molar-refractivity contribution in [1.29, 1.82) is 0 Å². The maximum Gasteiger partial charge on any atom is 0.163 e. The van der Waals surface area contributed by atoms with E-state index in [-0.39, 0.29) is 18.2 Å². The van der Waals surface area contributed by atoms with Crippen LogP contribution in [0.4, 0.5) is 5.82 Å². The number of ether oxygens (including phenoxy) is 2. The molecule has 0 unspecified atom stereocenters. The first-order chi connectivity index (χ1) is 16.4. The molecule has 7 heteroatoms. The van der Waals surface area contributed by atoms with Gasteiger partial charge in [0.1, 0.15) is 23.9 Å². The smallest absolute Gasteiger partial charge is 0.163 e. The fourth-order valence-corrected chi connectivity index (χ4v) is 5.79. The lowest BCUT2D eigenvalue weighted by molar-refractivity contribution is -0.160. The molecule has 2 aliphatic rings. The van der Waals surface area contributed by atoms with Crippen molar-refractivity contribution in [2.24, 2.45) is 5.92 Å². The summed E-state index contributed by atoms with van der Waals surface area (Å²) >= 11 is 0. The number of rotatable bonds is 5. The lowest BCUT2D eigenvalue weighted by Gasteiger charge is -2.24. The van der Waals surface area contributed by atoms with Gasteiger partial charge in [0, 0.05) is 24.0 Å². The minimum absolute atomic E-state index is 0.0160. The highest BCUT2D eigenvalue weighted by molar-refractivity contribution is 5.81. The number of hydrogen-bond acceptors (Lipinski definition) is 6. The molecule has 2 fully saturated rings. The number of hydrogen-bond donors (Lipinski definition) is 1. The molecule has 0 bridgehead atoms. The Bertz CT molecular complexity index is 1360. The predicted octanol–water partition coefficient (Wildman–Crippen LogP) is 5.04. The molecule has 176 valence electrons. The summed E-state index contributed by atoms with van der Waals surface area (Å²) in [6.45, 7) is 6.08. The molecular weight excluding hydrogens is 426 g/mol. The van der Waals surface area contributed by atoms with E-state index in [0.29, 0.717) is 5.92 Å². The summed E-state index contributed by atoms with van der Waals surface area (Å²) in [4.78, 5) is 13.7. The van der Waals surface area contributed by atoms with E-state index in [9.17, 15) is 0 Å². The van der Waals surface area contributed by atoms with Crippen molar-refractivity contribution in [3.05, 3.63) is 60.2 Å². The zero-order valence-corrected chi connectivity index (χ0v) is 20.2. The van der Waals surface area contributed by atoms with Gasteiger partial charge in [0.2, 0.25) is 0 Å². The standard InChI is InChI=1S/C27H31N5O2/c1-16-20-11-12-32(26(20)30-15-29-16)22-14-19(24-25(22)34-27(2,3)33-24)8-6-17-5-7-18-9-10-23(28-4)31-21(18)13-17/h5,7,9-13,15,19,22,24-25H,6,8,14H2,1-4H3,(H,28,31)/t19-,22+,24+,25-/m0/s1. The normalized spacial score (nSPS) is 25.8. The van der Waals surface area contributed by atoms with Gasteiger partial charge in [-0.2, -0.15) is 0 Å². The van der Waals surface area contributed by atoms with Crippen LogP contribution in [0.3, 0.4) is 0 Å². The van der Waals surface area contributed by atoms with Crippen molar-refractivity contribution in [3.63, 3.8) is 0 Å². The number of fused-ring (bicyclic) bond motifs is 3. The zero-order valence-electron chi connectivity index (χ0n) is 20.2. The van der Waals surface area contributed by atoms with E-state index in [4.69, 9.17) is 14.5 Å². The molecule has 7 nitrogen and oxygen atoms in total. The second-order valence-corrected chi connectivity index (χ2v) is 10.1. The highest BCUT2D eigenvalue weighted by atomic mass is 16.8. The molecule has 0 radical (unpaired) electrons. The largest absolute Gasteiger partial charge is 0.373 e. The van der Waals surface area contributed by atoms with E-state index in [2.05, 4.69) is 56.4 Å². The Kier molecular flexibility index (Phi) is 5.08. The maximum absolute atomic E-state index is 6.45. The Labute approximate surface area is 199 Å². The minimum Gasteiger partial charge on any atom is -0.373 e. The summed E-state index contributed by atoms with van der Waals surface area (Å²) in [5.74, 6) is 0.726. The maximum atomic E-state index is 6.45. The lowest BCUT2D eigenvalue weighted by atomic mass is 9.95. The van der Waals surface area contributed by atoms with Crippen molar-refractivity contribution in [2.45, 2.75) is 64.1 Å². The molecule has 1 saturated carbocycles. The van der Waals surface area contributed by atoms with E-state index in [1.54, 1.807) is 6.33 Å². The molecule has 0 amide bonds. The molecule has 1 saturated heterocycles. The van der Waals surface area contributed by atoms with Crippen molar-refractivity contribution >= 4 is 27.8 Å². The SMILES string of the molecule is CNc1ccc2ccc(CC[C@H]3C[C@@H](n4ccc5c(C)ncnc54)[C@@H]4OC(C)(C)O[C@H]34)cc2n1. The fraction of sp³-hybridized carbons (Fsp3) is 0.444. The number of pyridine rings is 1. The zero-order chi connectivity index (χ0) is 23.4. The third kappa shape index (κ3) is 3.63. The molecule has 1 aromatic carbocycles. The monoisotopic (exact) mass is 457 g/mol. The summed E-state index contributed by atoms with van der Waals surface area (Å²) in [7, 11) is 1.90. The average molecular weight is 458 g/mol. The average Bonchev–Trinajstić information content (AvgIpc) is 3.48. The molecule has 34 heavy (non-hydrogen) atoms. The van der Waals surface area contributed by atoms with Crippen LogP contribution < -0.4 is 5.32 Å². The number of nitrogens with one attached hydrogen (secondary N) is 1. The quantitative estimate of drug-likeness (QED) is 0.452. The summed E-state index contributed by atoms with van der Waals surface area (Å²) in [5.41, 5.74) is 4.32. The van der Waals surface area contributed by atoms with Gasteiger partial charge >= 0.3 is 0 Å². The third-order valence-electron chi connectivity index (χ3n) is 7.43. The lowest BCUT2D eigenvalue weighted by Crippen LogP contribution is -2.27. The Hall–Kier alpha value is -3.03. The van der Waals surface area contributed by atoms with Crippen LogP contribution in [0.2, 0.25) is 0 Å². The highest BCUT2D eigenvalue weighted by Crippen LogP contribution is 2.49. The molecule has 1 N–H and O–H groups in total. The first-order valence-electron chi connectivity index (χ1n) is 12.1. The Morgan fingerprint density at radius 3 is 2.76 bits per heavy atom. The molecule has 6 rings (SSSR count). The van der Waals surface area contributed by atoms with E-state index in [0.717, 1.165) is 52.7 Å². The second kappa shape index (κ2) is 8.03. The number of aromatic nitrogens is 4. The van der Waals surface area contributed by atoms with Crippen molar-refractivity contribution in [2.75, 3.05) is 12.4 Å². The second-order valence-electron chi connectivity index (χ2n) is 10.1. The van der Waals surface area contributed by atoms with Gasteiger partial charge in [-0.05, 0) is 75.8 Å². The van der Waals surface area contributed by atoms with E-state index < -0.39 is 5.79 Å². The summed E-state index contributed by atoms with van der Waals surface area (Å²) < 4.78 is 15.2. The summed E-state index contributed by atoms with van der Waals surface area (Å²) in [5, 5.41) is 5.39. The van der Waals surface area contributed by atoms with Crippen LogP contribution in [0, 0.1) is 12.8 Å². The van der Waals surface area contributed by atoms with Crippen molar-refractivity contribution < 1.29 is 9.47 Å². The van der Waals surface area contributed by atoms with Gasteiger partial charge in [-0.1, -0.05) is 12.1 Å². The van der Waals surface area contributed by atoms with Crippen LogP contribution in [0.5, 0.6) is 0 Å². The van der Waals surface area contributed by atoms with Gasteiger partial charge in [-0.15, -0.1) is 0 Å². The Morgan fingerprint density at radius 1 is 1.09 bits per heavy atom. The van der Waals surface area contributed by atoms with Gasteiger partial charge in [0.25, 0.3) is 0 Å². The van der Waals surface area contributed by atoms with Gasteiger partial charge < -0.3 is 19.4 Å². The van der Waals surface area contributed by atoms with Crippen molar-refractivity contribution in [1.82, 2.24) is 19.5 Å². The number of benzene rings is 1. The van der Waals surface area contributed by atoms with Crippen LogP contribution in [0.15, 0.2) is 48.9 Å². The number of anilines is 1. The van der Waals surface area contributed by atoms with E-state index in [1.807, 2.05) is 33.9 Å². The van der Waals surface area contributed by atoms with Gasteiger partial charge in [0.05, 0.1) is 23.4 Å². The first-order valence-corrected chi connectivity index (χ1v) is 12.1. The number of nitrogens with zero attached hydrogens (tertiary/aromatic N) is 4. The predicted molar refractivity (Wildman–Crippen MR) is 133 cm³/mol. The molecule has 4 atom stereocenters. The molecule has 1 aliphatic carbocycles. The first kappa shape index (κ1) is 21.5. The van der Waals surface area contributed by atoms with Gasteiger partial charge in [-0.3, -0.25) is 0 Å².